The van der Waals surface area contributed by atoms with Gasteiger partial charge in [0.2, 0.25) is 0 Å². The van der Waals surface area contributed by atoms with Gasteiger partial charge in [0.1, 0.15) is 5.78 Å². The Bertz CT molecular complexity index is 772. The molecule has 0 saturated heterocycles. The van der Waals surface area contributed by atoms with Crippen molar-refractivity contribution in [3.63, 3.8) is 0 Å². The van der Waals surface area contributed by atoms with Crippen LogP contribution in [0.3, 0.4) is 0 Å². The molecule has 1 heteroatoms. The molecule has 0 aliphatic heterocycles. The van der Waals surface area contributed by atoms with Crippen molar-refractivity contribution in [1.82, 2.24) is 0 Å². The third-order valence-electron chi connectivity index (χ3n) is 3.78. The zero-order chi connectivity index (χ0) is 14.7. The Hall–Kier alpha value is -2.41. The number of carbonyl (C=O) groups excluding carboxylic acids is 1. The summed E-state index contributed by atoms with van der Waals surface area (Å²) in [4.78, 5) is 11.4. The van der Waals surface area contributed by atoms with Crippen LogP contribution >= 0.6 is 0 Å². The van der Waals surface area contributed by atoms with E-state index in [0.717, 1.165) is 12.0 Å². The molecule has 0 unspecified atom stereocenters. The minimum absolute atomic E-state index is 0.205. The zero-order valence-corrected chi connectivity index (χ0v) is 12.2. The number of benzene rings is 3. The molecule has 104 valence electrons. The molecule has 0 aromatic heterocycles. The molecular weight excluding hydrogens is 256 g/mol. The van der Waals surface area contributed by atoms with Crippen LogP contribution in [0.5, 0.6) is 0 Å². The smallest absolute Gasteiger partial charge is 0.134 e. The number of Topliss-reactive ketones (excluding diaryl/α,β-unsaturated/α-hetero) is 1. The molecule has 3 aromatic rings. The topological polar surface area (TPSA) is 17.1 Å². The van der Waals surface area contributed by atoms with Gasteiger partial charge in [-0.1, -0.05) is 66.7 Å². The maximum absolute atomic E-state index is 11.4. The predicted octanol–water partition coefficient (Wildman–Crippen LogP) is 4.56. The molecule has 0 fully saturated rings. The molecule has 0 bridgehead atoms. The van der Waals surface area contributed by atoms with Gasteiger partial charge in [-0.25, -0.2) is 0 Å². The summed E-state index contributed by atoms with van der Waals surface area (Å²) < 4.78 is 0. The first-order valence-corrected chi connectivity index (χ1v) is 7.27. The predicted molar refractivity (Wildman–Crippen MR) is 87.6 cm³/mol. The summed E-state index contributed by atoms with van der Waals surface area (Å²) in [6.45, 7) is 1.65. The van der Waals surface area contributed by atoms with E-state index in [-0.39, 0.29) is 5.78 Å². The van der Waals surface area contributed by atoms with Crippen LogP contribution in [0.1, 0.15) is 23.6 Å². The van der Waals surface area contributed by atoms with Gasteiger partial charge in [-0.3, -0.25) is 4.79 Å². The van der Waals surface area contributed by atoms with Crippen molar-refractivity contribution >= 4 is 16.6 Å². The third kappa shape index (κ3) is 3.03. The fourth-order valence-electron chi connectivity index (χ4n) is 2.82. The van der Waals surface area contributed by atoms with Gasteiger partial charge >= 0.3 is 0 Å². The van der Waals surface area contributed by atoms with E-state index in [0.29, 0.717) is 6.42 Å². The summed E-state index contributed by atoms with van der Waals surface area (Å²) in [7, 11) is 0. The van der Waals surface area contributed by atoms with Crippen LogP contribution in [0, 0.1) is 0 Å². The molecule has 0 atom stereocenters. The highest BCUT2D eigenvalue weighted by Crippen LogP contribution is 2.25. The summed E-state index contributed by atoms with van der Waals surface area (Å²) in [6, 6.07) is 23.1. The fraction of sp³-hybridized carbons (Fsp3) is 0.150. The minimum atomic E-state index is 0.205. The second kappa shape index (κ2) is 5.92. The Morgan fingerprint density at radius 1 is 0.762 bits per heavy atom. The summed E-state index contributed by atoms with van der Waals surface area (Å²) in [5.41, 5.74) is 3.74. The zero-order valence-electron chi connectivity index (χ0n) is 12.2. The lowest BCUT2D eigenvalue weighted by molar-refractivity contribution is -0.116. The molecule has 3 rings (SSSR count). The average molecular weight is 274 g/mol. The number of rotatable bonds is 4. The van der Waals surface area contributed by atoms with Crippen molar-refractivity contribution in [3.05, 3.63) is 83.4 Å². The Morgan fingerprint density at radius 3 is 2.00 bits per heavy atom. The van der Waals surface area contributed by atoms with E-state index >= 15 is 0 Å². The van der Waals surface area contributed by atoms with Crippen molar-refractivity contribution in [1.29, 1.82) is 0 Å². The van der Waals surface area contributed by atoms with Crippen LogP contribution in [0.2, 0.25) is 0 Å². The van der Waals surface area contributed by atoms with Crippen molar-refractivity contribution in [2.45, 2.75) is 19.8 Å². The molecule has 0 aliphatic rings. The van der Waals surface area contributed by atoms with Crippen molar-refractivity contribution in [3.8, 4) is 0 Å². The number of hydrogen-bond donors (Lipinski definition) is 0. The quantitative estimate of drug-likeness (QED) is 0.681. The largest absolute Gasteiger partial charge is 0.300 e. The van der Waals surface area contributed by atoms with Gasteiger partial charge in [0, 0.05) is 6.42 Å². The highest BCUT2D eigenvalue weighted by Gasteiger charge is 2.07. The van der Waals surface area contributed by atoms with Crippen LogP contribution in [-0.4, -0.2) is 5.78 Å². The molecular formula is C20H18O. The summed E-state index contributed by atoms with van der Waals surface area (Å²) in [5, 5.41) is 2.45. The highest BCUT2D eigenvalue weighted by atomic mass is 16.1. The Labute approximate surface area is 125 Å². The lowest BCUT2D eigenvalue weighted by Gasteiger charge is -2.11. The second-order valence-electron chi connectivity index (χ2n) is 5.47. The van der Waals surface area contributed by atoms with E-state index in [1.165, 1.54) is 21.9 Å². The Balaban J connectivity index is 2.06. The van der Waals surface area contributed by atoms with Gasteiger partial charge < -0.3 is 0 Å². The molecule has 3 aromatic carbocycles. The van der Waals surface area contributed by atoms with Crippen LogP contribution in [0.15, 0.2) is 66.7 Å². The molecule has 0 spiro atoms. The average Bonchev–Trinajstić information content (AvgIpc) is 2.50. The highest BCUT2D eigenvalue weighted by molar-refractivity contribution is 5.92. The lowest BCUT2D eigenvalue weighted by Crippen LogP contribution is -1.99. The standard InChI is InChI=1S/C20H18O/c1-15(21)13-17-11-12-18(14-16-7-3-2-4-8-16)20-10-6-5-9-19(17)20/h2-12H,13-14H2,1H3. The van der Waals surface area contributed by atoms with Crippen LogP contribution < -0.4 is 0 Å². The summed E-state index contributed by atoms with van der Waals surface area (Å²) in [5.74, 6) is 0.205. The second-order valence-corrected chi connectivity index (χ2v) is 5.47. The van der Waals surface area contributed by atoms with Crippen molar-refractivity contribution < 1.29 is 4.79 Å². The molecule has 0 N–H and O–H groups in total. The number of carbonyl (C=O) groups is 1. The van der Waals surface area contributed by atoms with Gasteiger partial charge in [0.15, 0.2) is 0 Å². The first-order chi connectivity index (χ1) is 10.2. The molecule has 0 saturated carbocycles. The van der Waals surface area contributed by atoms with Crippen LogP contribution in [0.25, 0.3) is 10.8 Å². The van der Waals surface area contributed by atoms with Crippen LogP contribution in [0.4, 0.5) is 0 Å². The molecule has 0 heterocycles. The number of fused-ring (bicyclic) bond motifs is 1. The van der Waals surface area contributed by atoms with E-state index in [1.54, 1.807) is 6.92 Å². The minimum Gasteiger partial charge on any atom is -0.300 e. The summed E-state index contributed by atoms with van der Waals surface area (Å²) >= 11 is 0. The molecule has 1 nitrogen and oxygen atoms in total. The maximum Gasteiger partial charge on any atom is 0.134 e. The fourth-order valence-corrected chi connectivity index (χ4v) is 2.82. The van der Waals surface area contributed by atoms with E-state index in [9.17, 15) is 4.79 Å². The lowest BCUT2D eigenvalue weighted by atomic mass is 9.93. The maximum atomic E-state index is 11.4. The molecule has 21 heavy (non-hydrogen) atoms. The SMILES string of the molecule is CC(=O)Cc1ccc(Cc2ccccc2)c2ccccc12. The third-order valence-corrected chi connectivity index (χ3v) is 3.78. The number of ketones is 1. The molecule has 0 amide bonds. The van der Waals surface area contributed by atoms with Gasteiger partial charge in [0.05, 0.1) is 0 Å². The Kier molecular flexibility index (Phi) is 3.83. The van der Waals surface area contributed by atoms with Gasteiger partial charge in [-0.15, -0.1) is 0 Å². The van der Waals surface area contributed by atoms with Crippen molar-refractivity contribution in [2.24, 2.45) is 0 Å². The normalized spacial score (nSPS) is 10.7. The van der Waals surface area contributed by atoms with Gasteiger partial charge in [0.25, 0.3) is 0 Å². The monoisotopic (exact) mass is 274 g/mol. The summed E-state index contributed by atoms with van der Waals surface area (Å²) in [6.07, 6.45) is 1.42. The number of hydrogen-bond acceptors (Lipinski definition) is 1. The molecule has 0 aliphatic carbocycles. The Morgan fingerprint density at radius 2 is 1.33 bits per heavy atom. The van der Waals surface area contributed by atoms with E-state index in [4.69, 9.17) is 0 Å². The van der Waals surface area contributed by atoms with Gasteiger partial charge in [-0.05, 0) is 40.8 Å². The van der Waals surface area contributed by atoms with E-state index in [1.807, 2.05) is 12.1 Å². The van der Waals surface area contributed by atoms with E-state index in [2.05, 4.69) is 54.6 Å². The van der Waals surface area contributed by atoms with Gasteiger partial charge in [-0.2, -0.15) is 0 Å². The van der Waals surface area contributed by atoms with E-state index < -0.39 is 0 Å². The first kappa shape index (κ1) is 13.6. The van der Waals surface area contributed by atoms with Crippen LogP contribution in [-0.2, 0) is 17.6 Å². The van der Waals surface area contributed by atoms with Crippen molar-refractivity contribution in [2.75, 3.05) is 0 Å². The molecule has 0 radical (unpaired) electrons. The first-order valence-electron chi connectivity index (χ1n) is 7.27.